The van der Waals surface area contributed by atoms with Crippen molar-refractivity contribution in [1.82, 2.24) is 10.2 Å². The molecule has 2 amide bonds. The van der Waals surface area contributed by atoms with Gasteiger partial charge in [-0.15, -0.1) is 0 Å². The minimum Gasteiger partial charge on any atom is -0.481 e. The minimum absolute atomic E-state index is 0.00847. The van der Waals surface area contributed by atoms with Gasteiger partial charge in [-0.2, -0.15) is 0 Å². The zero-order valence-corrected chi connectivity index (χ0v) is 12.4. The van der Waals surface area contributed by atoms with Crippen LogP contribution in [0.5, 0.6) is 0 Å². The Morgan fingerprint density at radius 2 is 1.80 bits per heavy atom. The van der Waals surface area contributed by atoms with Crippen LogP contribution >= 0.6 is 0 Å². The molecule has 1 saturated carbocycles. The topological polar surface area (TPSA) is 86.7 Å². The third kappa shape index (κ3) is 3.71. The molecular weight excluding hydrogens is 260 g/mol. The maximum atomic E-state index is 12.5. The number of rotatable bonds is 6. The molecule has 0 aromatic heterocycles. The number of nitrogens with one attached hydrogen (secondary N) is 1. The summed E-state index contributed by atoms with van der Waals surface area (Å²) < 4.78 is 0. The van der Waals surface area contributed by atoms with Crippen molar-refractivity contribution in [1.29, 1.82) is 0 Å². The van der Waals surface area contributed by atoms with Gasteiger partial charge in [-0.05, 0) is 25.7 Å². The Balaban J connectivity index is 2.81. The highest BCUT2D eigenvalue weighted by Gasteiger charge is 2.43. The smallest absolute Gasteiger partial charge is 0.307 e. The highest BCUT2D eigenvalue weighted by atomic mass is 16.4. The standard InChI is InChI=1S/C14H24N2O4/c1-4-9-6-10(11(7-9)14(19)20)13(18)16(5-2)8-12(17)15-3/h9-11H,4-8H2,1-3H3,(H,15,17)(H,19,20)/t9?,10-,11+/m0/s1. The van der Waals surface area contributed by atoms with E-state index in [4.69, 9.17) is 0 Å². The molecule has 1 fully saturated rings. The van der Waals surface area contributed by atoms with Gasteiger partial charge in [0, 0.05) is 13.6 Å². The molecule has 1 unspecified atom stereocenters. The van der Waals surface area contributed by atoms with E-state index in [0.29, 0.717) is 19.4 Å². The molecule has 3 atom stereocenters. The van der Waals surface area contributed by atoms with Gasteiger partial charge in [0.1, 0.15) is 0 Å². The first-order chi connectivity index (χ1) is 9.44. The number of carbonyl (C=O) groups is 3. The number of carboxylic acids is 1. The van der Waals surface area contributed by atoms with Crippen LogP contribution < -0.4 is 5.32 Å². The van der Waals surface area contributed by atoms with Crippen molar-refractivity contribution in [3.8, 4) is 0 Å². The molecule has 1 aliphatic carbocycles. The van der Waals surface area contributed by atoms with E-state index < -0.39 is 17.8 Å². The first kappa shape index (κ1) is 16.5. The molecule has 1 aliphatic rings. The van der Waals surface area contributed by atoms with Crippen molar-refractivity contribution in [2.45, 2.75) is 33.1 Å². The second-order valence-corrected chi connectivity index (χ2v) is 5.32. The van der Waals surface area contributed by atoms with E-state index in [9.17, 15) is 19.5 Å². The summed E-state index contributed by atoms with van der Waals surface area (Å²) in [5.41, 5.74) is 0. The first-order valence-corrected chi connectivity index (χ1v) is 7.16. The molecule has 6 nitrogen and oxygen atoms in total. The number of likely N-dealkylation sites (N-methyl/N-ethyl adjacent to an activating group) is 2. The van der Waals surface area contributed by atoms with Gasteiger partial charge in [0.15, 0.2) is 0 Å². The van der Waals surface area contributed by atoms with E-state index in [-0.39, 0.29) is 24.3 Å². The molecule has 0 aliphatic heterocycles. The fourth-order valence-electron chi connectivity index (χ4n) is 2.85. The predicted molar refractivity (Wildman–Crippen MR) is 74.0 cm³/mol. The van der Waals surface area contributed by atoms with Gasteiger partial charge in [-0.1, -0.05) is 13.3 Å². The zero-order chi connectivity index (χ0) is 15.3. The number of hydrogen-bond acceptors (Lipinski definition) is 3. The quantitative estimate of drug-likeness (QED) is 0.752. The Hall–Kier alpha value is -1.59. The van der Waals surface area contributed by atoms with Crippen LogP contribution in [0.1, 0.15) is 33.1 Å². The summed E-state index contributed by atoms with van der Waals surface area (Å²) in [7, 11) is 1.52. The summed E-state index contributed by atoms with van der Waals surface area (Å²) in [6.07, 6.45) is 2.05. The molecule has 0 spiro atoms. The van der Waals surface area contributed by atoms with E-state index in [1.807, 2.05) is 6.92 Å². The van der Waals surface area contributed by atoms with Gasteiger partial charge in [0.2, 0.25) is 11.8 Å². The number of amides is 2. The summed E-state index contributed by atoms with van der Waals surface area (Å²) in [5.74, 6) is -2.19. The highest BCUT2D eigenvalue weighted by Crippen LogP contribution is 2.39. The molecule has 0 aromatic rings. The zero-order valence-electron chi connectivity index (χ0n) is 12.4. The van der Waals surface area contributed by atoms with E-state index >= 15 is 0 Å². The van der Waals surface area contributed by atoms with Crippen molar-refractivity contribution in [2.75, 3.05) is 20.1 Å². The van der Waals surface area contributed by atoms with Crippen molar-refractivity contribution < 1.29 is 19.5 Å². The van der Waals surface area contributed by atoms with Crippen molar-refractivity contribution in [3.63, 3.8) is 0 Å². The molecule has 0 bridgehead atoms. The molecule has 114 valence electrons. The van der Waals surface area contributed by atoms with Crippen LogP contribution in [0.3, 0.4) is 0 Å². The van der Waals surface area contributed by atoms with Gasteiger partial charge < -0.3 is 15.3 Å². The number of carbonyl (C=O) groups excluding carboxylic acids is 2. The normalized spacial score (nSPS) is 25.2. The third-order valence-electron chi connectivity index (χ3n) is 4.18. The number of carboxylic acid groups (broad SMARTS) is 1. The lowest BCUT2D eigenvalue weighted by Gasteiger charge is -2.25. The highest BCUT2D eigenvalue weighted by molar-refractivity contribution is 5.89. The van der Waals surface area contributed by atoms with Crippen molar-refractivity contribution >= 4 is 17.8 Å². The predicted octanol–water partition coefficient (Wildman–Crippen LogP) is 0.718. The number of nitrogens with zero attached hydrogens (tertiary/aromatic N) is 1. The summed E-state index contributed by atoms with van der Waals surface area (Å²) in [6, 6.07) is 0. The van der Waals surface area contributed by atoms with Gasteiger partial charge in [0.25, 0.3) is 0 Å². The first-order valence-electron chi connectivity index (χ1n) is 7.16. The van der Waals surface area contributed by atoms with Gasteiger partial charge in [0.05, 0.1) is 18.4 Å². The summed E-state index contributed by atoms with van der Waals surface area (Å²) in [6.45, 7) is 4.21. The molecule has 20 heavy (non-hydrogen) atoms. The van der Waals surface area contributed by atoms with Gasteiger partial charge >= 0.3 is 5.97 Å². The Labute approximate surface area is 119 Å². The van der Waals surface area contributed by atoms with Crippen LogP contribution in [0.2, 0.25) is 0 Å². The van der Waals surface area contributed by atoms with E-state index in [2.05, 4.69) is 5.32 Å². The van der Waals surface area contributed by atoms with E-state index in [1.54, 1.807) is 6.92 Å². The SMILES string of the molecule is CCC1C[C@H](C(=O)N(CC)CC(=O)NC)[C@H](C(=O)O)C1. The second kappa shape index (κ2) is 7.26. The molecule has 6 heteroatoms. The second-order valence-electron chi connectivity index (χ2n) is 5.32. The van der Waals surface area contributed by atoms with Crippen LogP contribution in [0.4, 0.5) is 0 Å². The summed E-state index contributed by atoms with van der Waals surface area (Å²) in [5, 5.41) is 11.8. The molecular formula is C14H24N2O4. The summed E-state index contributed by atoms with van der Waals surface area (Å²) in [4.78, 5) is 36.7. The maximum Gasteiger partial charge on any atom is 0.307 e. The van der Waals surface area contributed by atoms with E-state index in [1.165, 1.54) is 11.9 Å². The maximum absolute atomic E-state index is 12.5. The molecule has 2 N–H and O–H groups in total. The van der Waals surface area contributed by atoms with Crippen molar-refractivity contribution in [2.24, 2.45) is 17.8 Å². The lowest BCUT2D eigenvalue weighted by Crippen LogP contribution is -2.44. The van der Waals surface area contributed by atoms with Gasteiger partial charge in [-0.25, -0.2) is 0 Å². The lowest BCUT2D eigenvalue weighted by molar-refractivity contribution is -0.149. The van der Waals surface area contributed by atoms with Crippen molar-refractivity contribution in [3.05, 3.63) is 0 Å². The molecule has 1 rings (SSSR count). The monoisotopic (exact) mass is 284 g/mol. The molecule has 0 radical (unpaired) electrons. The Bertz CT molecular complexity index is 383. The average molecular weight is 284 g/mol. The van der Waals surface area contributed by atoms with Gasteiger partial charge in [-0.3, -0.25) is 14.4 Å². The fraction of sp³-hybridized carbons (Fsp3) is 0.786. The number of hydrogen-bond donors (Lipinski definition) is 2. The summed E-state index contributed by atoms with van der Waals surface area (Å²) >= 11 is 0. The molecule has 0 saturated heterocycles. The minimum atomic E-state index is -0.907. The Morgan fingerprint density at radius 1 is 1.20 bits per heavy atom. The number of aliphatic carboxylic acids is 1. The van der Waals surface area contributed by atoms with E-state index in [0.717, 1.165) is 6.42 Å². The fourth-order valence-corrected chi connectivity index (χ4v) is 2.85. The average Bonchev–Trinajstić information content (AvgIpc) is 2.88. The van der Waals surface area contributed by atoms with Crippen LogP contribution in [0, 0.1) is 17.8 Å². The van der Waals surface area contributed by atoms with Crippen LogP contribution in [-0.4, -0.2) is 47.9 Å². The lowest BCUT2D eigenvalue weighted by atomic mass is 9.94. The van der Waals surface area contributed by atoms with Crippen LogP contribution in [0.15, 0.2) is 0 Å². The largest absolute Gasteiger partial charge is 0.481 e. The van der Waals surface area contributed by atoms with Crippen LogP contribution in [0.25, 0.3) is 0 Å². The molecule has 0 heterocycles. The Kier molecular flexibility index (Phi) is 5.98. The Morgan fingerprint density at radius 3 is 2.25 bits per heavy atom. The van der Waals surface area contributed by atoms with Crippen LogP contribution in [-0.2, 0) is 14.4 Å². The molecule has 0 aromatic carbocycles. The third-order valence-corrected chi connectivity index (χ3v) is 4.18.